The number of piperidine rings is 2. The molecule has 1 aromatic rings. The first-order chi connectivity index (χ1) is 14.0. The van der Waals surface area contributed by atoms with Crippen molar-refractivity contribution in [1.82, 2.24) is 14.7 Å². The van der Waals surface area contributed by atoms with E-state index in [1.54, 1.807) is 17.0 Å². The lowest BCUT2D eigenvalue weighted by atomic mass is 9.96. The highest BCUT2D eigenvalue weighted by Gasteiger charge is 2.26. The molecule has 1 atom stereocenters. The van der Waals surface area contributed by atoms with E-state index < -0.39 is 0 Å². The molecule has 0 saturated carbocycles. The lowest BCUT2D eigenvalue weighted by Gasteiger charge is -2.36. The van der Waals surface area contributed by atoms with Crippen LogP contribution < -0.4 is 0 Å². The van der Waals surface area contributed by atoms with Crippen molar-refractivity contribution in [2.45, 2.75) is 45.4 Å². The highest BCUT2D eigenvalue weighted by Crippen LogP contribution is 2.19. The average molecular weight is 404 g/mol. The van der Waals surface area contributed by atoms with Crippen molar-refractivity contribution in [3.63, 3.8) is 0 Å². The summed E-state index contributed by atoms with van der Waals surface area (Å²) in [6.45, 7) is 7.34. The molecule has 5 nitrogen and oxygen atoms in total. The summed E-state index contributed by atoms with van der Waals surface area (Å²) < 4.78 is 13.4. The number of carbonyl (C=O) groups is 2. The zero-order valence-corrected chi connectivity index (χ0v) is 17.6. The average Bonchev–Trinajstić information content (AvgIpc) is 2.72. The molecular formula is C23H34FN3O2. The van der Waals surface area contributed by atoms with Gasteiger partial charge >= 0.3 is 0 Å². The smallest absolute Gasteiger partial charge is 0.242 e. The van der Waals surface area contributed by atoms with E-state index in [4.69, 9.17) is 0 Å². The van der Waals surface area contributed by atoms with E-state index in [-0.39, 0.29) is 24.2 Å². The monoisotopic (exact) mass is 403 g/mol. The van der Waals surface area contributed by atoms with E-state index >= 15 is 0 Å². The number of hydrogen-bond acceptors (Lipinski definition) is 3. The fourth-order valence-corrected chi connectivity index (χ4v) is 4.49. The maximum absolute atomic E-state index is 13.4. The highest BCUT2D eigenvalue weighted by atomic mass is 19.1. The van der Waals surface area contributed by atoms with Gasteiger partial charge in [0, 0.05) is 39.1 Å². The topological polar surface area (TPSA) is 43.9 Å². The van der Waals surface area contributed by atoms with Crippen LogP contribution in [-0.2, 0) is 16.0 Å². The molecule has 0 aromatic heterocycles. The number of hydrogen-bond donors (Lipinski definition) is 0. The van der Waals surface area contributed by atoms with Gasteiger partial charge < -0.3 is 14.7 Å². The number of amides is 2. The van der Waals surface area contributed by atoms with Crippen LogP contribution in [0.25, 0.3) is 0 Å². The Hall–Kier alpha value is -1.95. The van der Waals surface area contributed by atoms with Crippen LogP contribution in [0.1, 0.15) is 44.6 Å². The first kappa shape index (κ1) is 21.8. The number of halogens is 1. The molecule has 3 rings (SSSR count). The van der Waals surface area contributed by atoms with E-state index in [1.165, 1.54) is 6.07 Å². The lowest BCUT2D eigenvalue weighted by molar-refractivity contribution is -0.142. The van der Waals surface area contributed by atoms with Crippen molar-refractivity contribution >= 4 is 11.8 Å². The molecule has 2 saturated heterocycles. The SMILES string of the molecule is CCN(CC1CCCN(CCc2cccc(F)c2)C1)C(=O)CN1CCCCC1=O. The maximum Gasteiger partial charge on any atom is 0.242 e. The Morgan fingerprint density at radius 1 is 1.24 bits per heavy atom. The molecule has 2 heterocycles. The summed E-state index contributed by atoms with van der Waals surface area (Å²) in [5.74, 6) is 0.460. The summed E-state index contributed by atoms with van der Waals surface area (Å²) >= 11 is 0. The Labute approximate surface area is 173 Å². The number of carbonyl (C=O) groups excluding carboxylic acids is 2. The van der Waals surface area contributed by atoms with Gasteiger partial charge in [0.1, 0.15) is 5.82 Å². The van der Waals surface area contributed by atoms with E-state index in [9.17, 15) is 14.0 Å². The van der Waals surface area contributed by atoms with Crippen LogP contribution in [0, 0.1) is 11.7 Å². The van der Waals surface area contributed by atoms with Gasteiger partial charge in [-0.3, -0.25) is 9.59 Å². The van der Waals surface area contributed by atoms with Gasteiger partial charge in [0.15, 0.2) is 0 Å². The van der Waals surface area contributed by atoms with Crippen LogP contribution in [0.5, 0.6) is 0 Å². The van der Waals surface area contributed by atoms with Crippen molar-refractivity contribution < 1.29 is 14.0 Å². The molecular weight excluding hydrogens is 369 g/mol. The van der Waals surface area contributed by atoms with Gasteiger partial charge in [-0.25, -0.2) is 4.39 Å². The van der Waals surface area contributed by atoms with Crippen LogP contribution in [0.4, 0.5) is 4.39 Å². The molecule has 6 heteroatoms. The van der Waals surface area contributed by atoms with Crippen LogP contribution in [0.2, 0.25) is 0 Å². The number of nitrogens with zero attached hydrogens (tertiary/aromatic N) is 3. The molecule has 2 aliphatic rings. The van der Waals surface area contributed by atoms with E-state index in [0.717, 1.165) is 63.8 Å². The molecule has 0 bridgehead atoms. The molecule has 1 unspecified atom stereocenters. The number of likely N-dealkylation sites (tertiary alicyclic amines) is 2. The van der Waals surface area contributed by atoms with Crippen LogP contribution in [0.15, 0.2) is 24.3 Å². The predicted octanol–water partition coefficient (Wildman–Crippen LogP) is 2.94. The van der Waals surface area contributed by atoms with Gasteiger partial charge in [-0.2, -0.15) is 0 Å². The zero-order chi connectivity index (χ0) is 20.6. The fourth-order valence-electron chi connectivity index (χ4n) is 4.49. The molecule has 2 amide bonds. The summed E-state index contributed by atoms with van der Waals surface area (Å²) in [5.41, 5.74) is 1.03. The quantitative estimate of drug-likeness (QED) is 0.670. The van der Waals surface area contributed by atoms with E-state index in [2.05, 4.69) is 4.90 Å². The minimum atomic E-state index is -0.177. The summed E-state index contributed by atoms with van der Waals surface area (Å²) in [6, 6.07) is 6.83. The standard InChI is InChI=1S/C23H34FN3O2/c1-2-26(23(29)18-27-13-4-3-10-22(27)28)17-20-8-6-12-25(16-20)14-11-19-7-5-9-21(24)15-19/h5,7,9,15,20H,2-4,6,8,10-14,16-18H2,1H3. The molecule has 1 aromatic carbocycles. The van der Waals surface area contributed by atoms with Gasteiger partial charge in [0.05, 0.1) is 6.54 Å². The summed E-state index contributed by atoms with van der Waals surface area (Å²) in [6.07, 6.45) is 5.61. The second-order valence-electron chi connectivity index (χ2n) is 8.39. The number of likely N-dealkylation sites (N-methyl/N-ethyl adjacent to an activating group) is 1. The Kier molecular flexibility index (Phi) is 8.04. The Balaban J connectivity index is 1.47. The molecule has 0 N–H and O–H groups in total. The van der Waals surface area contributed by atoms with Crippen LogP contribution >= 0.6 is 0 Å². The minimum Gasteiger partial charge on any atom is -0.341 e. The van der Waals surface area contributed by atoms with E-state index in [0.29, 0.717) is 25.4 Å². The molecule has 160 valence electrons. The van der Waals surface area contributed by atoms with Crippen LogP contribution in [-0.4, -0.2) is 72.3 Å². The molecule has 2 fully saturated rings. The molecule has 29 heavy (non-hydrogen) atoms. The zero-order valence-electron chi connectivity index (χ0n) is 17.6. The number of benzene rings is 1. The first-order valence-corrected chi connectivity index (χ1v) is 11.1. The molecule has 2 aliphatic heterocycles. The fraction of sp³-hybridized carbons (Fsp3) is 0.652. The normalized spacial score (nSPS) is 20.7. The minimum absolute atomic E-state index is 0.0691. The Morgan fingerprint density at radius 3 is 2.86 bits per heavy atom. The summed E-state index contributed by atoms with van der Waals surface area (Å²) in [5, 5.41) is 0. The van der Waals surface area contributed by atoms with Gasteiger partial charge in [-0.1, -0.05) is 12.1 Å². The van der Waals surface area contributed by atoms with E-state index in [1.807, 2.05) is 17.9 Å². The molecule has 0 spiro atoms. The third-order valence-electron chi connectivity index (χ3n) is 6.17. The number of rotatable bonds is 8. The first-order valence-electron chi connectivity index (χ1n) is 11.1. The Morgan fingerprint density at radius 2 is 2.10 bits per heavy atom. The van der Waals surface area contributed by atoms with Gasteiger partial charge in [0.2, 0.25) is 11.8 Å². The third kappa shape index (κ3) is 6.53. The van der Waals surface area contributed by atoms with Crippen molar-refractivity contribution in [3.8, 4) is 0 Å². The summed E-state index contributed by atoms with van der Waals surface area (Å²) in [4.78, 5) is 30.9. The largest absolute Gasteiger partial charge is 0.341 e. The van der Waals surface area contributed by atoms with Crippen molar-refractivity contribution in [2.24, 2.45) is 5.92 Å². The highest BCUT2D eigenvalue weighted by molar-refractivity contribution is 5.85. The predicted molar refractivity (Wildman–Crippen MR) is 112 cm³/mol. The summed E-state index contributed by atoms with van der Waals surface area (Å²) in [7, 11) is 0. The van der Waals surface area contributed by atoms with Crippen molar-refractivity contribution in [2.75, 3.05) is 45.8 Å². The second kappa shape index (κ2) is 10.7. The van der Waals surface area contributed by atoms with Crippen molar-refractivity contribution in [1.29, 1.82) is 0 Å². The van der Waals surface area contributed by atoms with Crippen molar-refractivity contribution in [3.05, 3.63) is 35.6 Å². The Bertz CT molecular complexity index is 696. The maximum atomic E-state index is 13.4. The lowest BCUT2D eigenvalue weighted by Crippen LogP contribution is -2.48. The van der Waals surface area contributed by atoms with Crippen LogP contribution in [0.3, 0.4) is 0 Å². The van der Waals surface area contributed by atoms with Gasteiger partial charge in [0.25, 0.3) is 0 Å². The third-order valence-corrected chi connectivity index (χ3v) is 6.17. The molecule has 0 aliphatic carbocycles. The van der Waals surface area contributed by atoms with Gasteiger partial charge in [-0.15, -0.1) is 0 Å². The second-order valence-corrected chi connectivity index (χ2v) is 8.39. The molecule has 0 radical (unpaired) electrons. The van der Waals surface area contributed by atoms with Gasteiger partial charge in [-0.05, 0) is 69.2 Å².